The van der Waals surface area contributed by atoms with E-state index in [4.69, 9.17) is 0 Å². The average Bonchev–Trinajstić information content (AvgIpc) is 3.22. The SMILES string of the molecule is Cc1ccccc1CN1CCC(CNc2ncc3ncn(C)c3n2)C1. The van der Waals surface area contributed by atoms with E-state index in [0.29, 0.717) is 11.9 Å². The smallest absolute Gasteiger partial charge is 0.224 e. The highest BCUT2D eigenvalue weighted by atomic mass is 15.2. The molecule has 0 saturated carbocycles. The van der Waals surface area contributed by atoms with Crippen molar-refractivity contribution in [1.82, 2.24) is 24.4 Å². The maximum Gasteiger partial charge on any atom is 0.224 e. The molecule has 2 aromatic heterocycles. The number of rotatable bonds is 5. The van der Waals surface area contributed by atoms with Crippen LogP contribution in [0.15, 0.2) is 36.8 Å². The molecule has 1 aromatic carbocycles. The van der Waals surface area contributed by atoms with Crippen molar-refractivity contribution in [1.29, 1.82) is 0 Å². The van der Waals surface area contributed by atoms with Gasteiger partial charge in [0.05, 0.1) is 12.5 Å². The summed E-state index contributed by atoms with van der Waals surface area (Å²) in [4.78, 5) is 15.7. The van der Waals surface area contributed by atoms with Gasteiger partial charge in [-0.15, -0.1) is 0 Å². The minimum Gasteiger partial charge on any atom is -0.354 e. The number of nitrogens with zero attached hydrogens (tertiary/aromatic N) is 5. The summed E-state index contributed by atoms with van der Waals surface area (Å²) < 4.78 is 1.92. The lowest BCUT2D eigenvalue weighted by molar-refractivity contribution is 0.318. The number of likely N-dealkylation sites (tertiary alicyclic amines) is 1. The molecular weight excluding hydrogens is 312 g/mol. The highest BCUT2D eigenvalue weighted by Gasteiger charge is 2.22. The summed E-state index contributed by atoms with van der Waals surface area (Å²) in [5.74, 6) is 1.32. The van der Waals surface area contributed by atoms with Gasteiger partial charge in [0.1, 0.15) is 5.52 Å². The Morgan fingerprint density at radius 1 is 1.24 bits per heavy atom. The van der Waals surface area contributed by atoms with Crippen LogP contribution in [0.1, 0.15) is 17.5 Å². The predicted molar refractivity (Wildman–Crippen MR) is 99.4 cm³/mol. The van der Waals surface area contributed by atoms with E-state index >= 15 is 0 Å². The molecule has 1 N–H and O–H groups in total. The molecule has 1 fully saturated rings. The number of anilines is 1. The molecule has 6 heteroatoms. The van der Waals surface area contributed by atoms with Gasteiger partial charge in [0.25, 0.3) is 0 Å². The maximum atomic E-state index is 4.56. The zero-order valence-electron chi connectivity index (χ0n) is 14.8. The zero-order chi connectivity index (χ0) is 17.2. The Kier molecular flexibility index (Phi) is 4.36. The number of aromatic nitrogens is 4. The van der Waals surface area contributed by atoms with Crippen LogP contribution in [0.4, 0.5) is 5.95 Å². The maximum absolute atomic E-state index is 4.56. The molecule has 0 radical (unpaired) electrons. The summed E-state index contributed by atoms with van der Waals surface area (Å²) >= 11 is 0. The van der Waals surface area contributed by atoms with E-state index in [2.05, 4.69) is 56.4 Å². The Bertz CT molecular complexity index is 871. The Morgan fingerprint density at radius 2 is 2.12 bits per heavy atom. The Hall–Kier alpha value is -2.47. The van der Waals surface area contributed by atoms with Crippen molar-refractivity contribution in [3.8, 4) is 0 Å². The van der Waals surface area contributed by atoms with Crippen molar-refractivity contribution in [3.63, 3.8) is 0 Å². The van der Waals surface area contributed by atoms with Crippen LogP contribution in [0.2, 0.25) is 0 Å². The molecule has 25 heavy (non-hydrogen) atoms. The number of hydrogen-bond acceptors (Lipinski definition) is 5. The molecule has 0 spiro atoms. The second kappa shape index (κ2) is 6.80. The highest BCUT2D eigenvalue weighted by Crippen LogP contribution is 2.20. The fraction of sp³-hybridized carbons (Fsp3) is 0.421. The average molecular weight is 336 g/mol. The minimum absolute atomic E-state index is 0.634. The topological polar surface area (TPSA) is 58.9 Å². The summed E-state index contributed by atoms with van der Waals surface area (Å²) in [5, 5.41) is 3.40. The first-order valence-electron chi connectivity index (χ1n) is 8.84. The Labute approximate surface area is 147 Å². The van der Waals surface area contributed by atoms with Gasteiger partial charge in [-0.1, -0.05) is 24.3 Å². The molecule has 4 rings (SSSR count). The summed E-state index contributed by atoms with van der Waals surface area (Å²) in [6, 6.07) is 8.66. The van der Waals surface area contributed by atoms with Gasteiger partial charge in [-0.05, 0) is 36.9 Å². The summed E-state index contributed by atoms with van der Waals surface area (Å²) in [6.45, 7) is 6.42. The van der Waals surface area contributed by atoms with Crippen LogP contribution in [0.5, 0.6) is 0 Å². The van der Waals surface area contributed by atoms with Crippen molar-refractivity contribution in [2.75, 3.05) is 25.0 Å². The fourth-order valence-electron chi connectivity index (χ4n) is 3.49. The van der Waals surface area contributed by atoms with Crippen molar-refractivity contribution < 1.29 is 0 Å². The van der Waals surface area contributed by atoms with E-state index < -0.39 is 0 Å². The van der Waals surface area contributed by atoms with Crippen molar-refractivity contribution in [2.45, 2.75) is 19.9 Å². The quantitative estimate of drug-likeness (QED) is 0.776. The summed E-state index contributed by atoms with van der Waals surface area (Å²) in [7, 11) is 1.95. The molecule has 1 saturated heterocycles. The van der Waals surface area contributed by atoms with Gasteiger partial charge >= 0.3 is 0 Å². The molecule has 1 aliphatic heterocycles. The largest absolute Gasteiger partial charge is 0.354 e. The third kappa shape index (κ3) is 3.49. The molecule has 0 aliphatic carbocycles. The van der Waals surface area contributed by atoms with Crippen LogP contribution >= 0.6 is 0 Å². The van der Waals surface area contributed by atoms with Gasteiger partial charge in [-0.2, -0.15) is 4.98 Å². The molecule has 1 aliphatic rings. The standard InChI is InChI=1S/C19H24N6/c1-14-5-3-4-6-16(14)12-25-8-7-15(11-25)9-20-19-21-10-17-18(23-19)24(2)13-22-17/h3-6,10,13,15H,7-9,11-12H2,1-2H3,(H,20,21,23). The van der Waals surface area contributed by atoms with Crippen molar-refractivity contribution >= 4 is 17.1 Å². The Balaban J connectivity index is 1.33. The highest BCUT2D eigenvalue weighted by molar-refractivity contribution is 5.70. The number of nitrogens with one attached hydrogen (secondary N) is 1. The molecule has 3 heterocycles. The number of benzene rings is 1. The molecule has 6 nitrogen and oxygen atoms in total. The Morgan fingerprint density at radius 3 is 3.00 bits per heavy atom. The summed E-state index contributed by atoms with van der Waals surface area (Å²) in [6.07, 6.45) is 4.76. The third-order valence-electron chi connectivity index (χ3n) is 5.03. The van der Waals surface area contributed by atoms with Crippen LogP contribution in [-0.2, 0) is 13.6 Å². The van der Waals surface area contributed by atoms with E-state index in [9.17, 15) is 0 Å². The van der Waals surface area contributed by atoms with E-state index in [1.807, 2.05) is 11.6 Å². The van der Waals surface area contributed by atoms with E-state index in [1.165, 1.54) is 17.5 Å². The molecular formula is C19H24N6. The predicted octanol–water partition coefficient (Wildman–Crippen LogP) is 2.61. The second-order valence-electron chi connectivity index (χ2n) is 6.96. The van der Waals surface area contributed by atoms with Crippen molar-refractivity contribution in [2.24, 2.45) is 13.0 Å². The first-order valence-corrected chi connectivity index (χ1v) is 8.84. The number of fused-ring (bicyclic) bond motifs is 1. The molecule has 130 valence electrons. The van der Waals surface area contributed by atoms with Gasteiger partial charge in [0.15, 0.2) is 5.65 Å². The van der Waals surface area contributed by atoms with Crippen LogP contribution in [0.25, 0.3) is 11.2 Å². The fourth-order valence-corrected chi connectivity index (χ4v) is 3.49. The molecule has 1 unspecified atom stereocenters. The monoisotopic (exact) mass is 336 g/mol. The summed E-state index contributed by atoms with van der Waals surface area (Å²) in [5.41, 5.74) is 4.51. The molecule has 0 bridgehead atoms. The number of aryl methyl sites for hydroxylation is 2. The lowest BCUT2D eigenvalue weighted by atomic mass is 10.1. The van der Waals surface area contributed by atoms with E-state index in [1.54, 1.807) is 12.5 Å². The van der Waals surface area contributed by atoms with Crippen LogP contribution < -0.4 is 5.32 Å². The second-order valence-corrected chi connectivity index (χ2v) is 6.96. The first-order chi connectivity index (χ1) is 12.2. The third-order valence-corrected chi connectivity index (χ3v) is 5.03. The lowest BCUT2D eigenvalue weighted by Crippen LogP contribution is -2.23. The van der Waals surface area contributed by atoms with E-state index in [0.717, 1.165) is 37.3 Å². The van der Waals surface area contributed by atoms with Gasteiger partial charge < -0.3 is 9.88 Å². The lowest BCUT2D eigenvalue weighted by Gasteiger charge is -2.17. The van der Waals surface area contributed by atoms with Crippen LogP contribution in [-0.4, -0.2) is 44.1 Å². The minimum atomic E-state index is 0.634. The molecule has 3 aromatic rings. The molecule has 0 amide bonds. The van der Waals surface area contributed by atoms with Crippen LogP contribution in [0, 0.1) is 12.8 Å². The normalized spacial score (nSPS) is 18.1. The van der Waals surface area contributed by atoms with E-state index in [-0.39, 0.29) is 0 Å². The number of imidazole rings is 1. The van der Waals surface area contributed by atoms with Gasteiger partial charge in [-0.25, -0.2) is 9.97 Å². The first kappa shape index (κ1) is 16.0. The van der Waals surface area contributed by atoms with Crippen molar-refractivity contribution in [3.05, 3.63) is 47.9 Å². The zero-order valence-corrected chi connectivity index (χ0v) is 14.8. The number of hydrogen-bond donors (Lipinski definition) is 1. The van der Waals surface area contributed by atoms with Gasteiger partial charge in [-0.3, -0.25) is 4.90 Å². The van der Waals surface area contributed by atoms with Gasteiger partial charge in [0, 0.05) is 26.7 Å². The van der Waals surface area contributed by atoms with Gasteiger partial charge in [0.2, 0.25) is 5.95 Å². The van der Waals surface area contributed by atoms with Crippen LogP contribution in [0.3, 0.4) is 0 Å². The molecule has 1 atom stereocenters.